The number of carbonyl (C=O) groups is 1. The molecule has 1 aromatic heterocycles. The molecule has 0 unspecified atom stereocenters. The Bertz CT molecular complexity index is 1260. The van der Waals surface area contributed by atoms with E-state index in [1.807, 2.05) is 0 Å². The molecule has 0 aliphatic carbocycles. The number of hydrogen-bond donors (Lipinski definition) is 1. The van der Waals surface area contributed by atoms with Gasteiger partial charge in [0, 0.05) is 24.7 Å². The molecule has 0 spiro atoms. The highest BCUT2D eigenvalue weighted by atomic mass is 35.5. The number of amides is 1. The zero-order chi connectivity index (χ0) is 25.5. The van der Waals surface area contributed by atoms with Gasteiger partial charge < -0.3 is 19.3 Å². The lowest BCUT2D eigenvalue weighted by molar-refractivity contribution is -0.0545. The van der Waals surface area contributed by atoms with Crippen LogP contribution in [0.15, 0.2) is 47.0 Å². The maximum atomic E-state index is 14.1. The number of aliphatic hydroxyl groups is 1. The molecule has 35 heavy (non-hydrogen) atoms. The fourth-order valence-corrected chi connectivity index (χ4v) is 4.41. The zero-order valence-electron chi connectivity index (χ0n) is 19.3. The summed E-state index contributed by atoms with van der Waals surface area (Å²) in [5, 5.41) is 15.9. The summed E-state index contributed by atoms with van der Waals surface area (Å²) < 4.78 is 52.1. The van der Waals surface area contributed by atoms with Gasteiger partial charge in [-0.1, -0.05) is 22.8 Å². The molecule has 0 saturated carbocycles. The molecule has 3 aromatic rings. The van der Waals surface area contributed by atoms with Crippen molar-refractivity contribution in [3.05, 3.63) is 76.2 Å². The average molecular weight is 509 g/mol. The van der Waals surface area contributed by atoms with Gasteiger partial charge in [0.1, 0.15) is 17.0 Å². The van der Waals surface area contributed by atoms with Gasteiger partial charge in [0.15, 0.2) is 17.4 Å². The Balaban J connectivity index is 1.74. The SMILES string of the molecule is CC(C)(C)OC(=O)N1CC[C@](O)(c2ccc(F)c(F)c2)[C@H](c2cc(-c3ccc(F)cc3Cl)on2)C1. The van der Waals surface area contributed by atoms with Crippen LogP contribution in [-0.2, 0) is 10.3 Å². The first-order valence-corrected chi connectivity index (χ1v) is 11.3. The number of benzene rings is 2. The summed E-state index contributed by atoms with van der Waals surface area (Å²) in [5.74, 6) is -3.35. The lowest BCUT2D eigenvalue weighted by Crippen LogP contribution is -2.51. The number of nitrogens with zero attached hydrogens (tertiary/aromatic N) is 2. The van der Waals surface area contributed by atoms with Gasteiger partial charge in [-0.25, -0.2) is 18.0 Å². The van der Waals surface area contributed by atoms with Gasteiger partial charge in [0.2, 0.25) is 0 Å². The van der Waals surface area contributed by atoms with E-state index in [1.54, 1.807) is 20.8 Å². The summed E-state index contributed by atoms with van der Waals surface area (Å²) in [6.45, 7) is 5.28. The van der Waals surface area contributed by atoms with E-state index in [2.05, 4.69) is 5.16 Å². The van der Waals surface area contributed by atoms with Crippen LogP contribution < -0.4 is 0 Å². The molecule has 2 atom stereocenters. The number of carbonyl (C=O) groups excluding carboxylic acids is 1. The second-order valence-electron chi connectivity index (χ2n) is 9.52. The van der Waals surface area contributed by atoms with Crippen LogP contribution in [0.2, 0.25) is 5.02 Å². The van der Waals surface area contributed by atoms with Crippen molar-refractivity contribution in [3.8, 4) is 11.3 Å². The van der Waals surface area contributed by atoms with E-state index in [0.29, 0.717) is 5.56 Å². The monoisotopic (exact) mass is 508 g/mol. The Kier molecular flexibility index (Phi) is 6.59. The lowest BCUT2D eigenvalue weighted by Gasteiger charge is -2.44. The predicted octanol–water partition coefficient (Wildman–Crippen LogP) is 6.02. The first-order chi connectivity index (χ1) is 16.4. The molecule has 186 valence electrons. The van der Waals surface area contributed by atoms with Gasteiger partial charge >= 0.3 is 6.09 Å². The van der Waals surface area contributed by atoms with E-state index in [4.69, 9.17) is 20.9 Å². The summed E-state index contributed by atoms with van der Waals surface area (Å²) in [4.78, 5) is 14.2. The molecule has 4 rings (SSSR count). The van der Waals surface area contributed by atoms with Crippen molar-refractivity contribution in [1.29, 1.82) is 0 Å². The summed E-state index contributed by atoms with van der Waals surface area (Å²) in [5.41, 5.74) is -1.67. The molecule has 1 fully saturated rings. The highest BCUT2D eigenvalue weighted by Gasteiger charge is 2.47. The highest BCUT2D eigenvalue weighted by molar-refractivity contribution is 6.33. The largest absolute Gasteiger partial charge is 0.444 e. The van der Waals surface area contributed by atoms with Crippen LogP contribution in [0.25, 0.3) is 11.3 Å². The fourth-order valence-electron chi connectivity index (χ4n) is 4.15. The van der Waals surface area contributed by atoms with E-state index < -0.39 is 40.7 Å². The van der Waals surface area contributed by atoms with Gasteiger partial charge in [-0.05, 0) is 63.1 Å². The molecule has 2 aromatic carbocycles. The summed E-state index contributed by atoms with van der Waals surface area (Å²) in [6.07, 6.45) is -0.582. The van der Waals surface area contributed by atoms with E-state index in [0.717, 1.165) is 18.2 Å². The van der Waals surface area contributed by atoms with Crippen LogP contribution in [-0.4, -0.2) is 39.9 Å². The van der Waals surface area contributed by atoms with E-state index >= 15 is 0 Å². The maximum Gasteiger partial charge on any atom is 0.410 e. The molecule has 1 saturated heterocycles. The quantitative estimate of drug-likeness (QED) is 0.468. The van der Waals surface area contributed by atoms with Gasteiger partial charge in [-0.3, -0.25) is 0 Å². The highest BCUT2D eigenvalue weighted by Crippen LogP contribution is 2.44. The Hall–Kier alpha value is -3.04. The molecule has 1 N–H and O–H groups in total. The molecule has 10 heteroatoms. The summed E-state index contributed by atoms with van der Waals surface area (Å²) in [7, 11) is 0. The third kappa shape index (κ3) is 5.16. The van der Waals surface area contributed by atoms with Crippen LogP contribution >= 0.6 is 11.6 Å². The first kappa shape index (κ1) is 25.1. The number of halogens is 4. The van der Waals surface area contributed by atoms with E-state index in [-0.39, 0.29) is 41.6 Å². The molecule has 1 aliphatic heterocycles. The van der Waals surface area contributed by atoms with Gasteiger partial charge in [0.25, 0.3) is 0 Å². The fraction of sp³-hybridized carbons (Fsp3) is 0.360. The summed E-state index contributed by atoms with van der Waals surface area (Å²) in [6, 6.07) is 8.46. The topological polar surface area (TPSA) is 75.8 Å². The van der Waals surface area contributed by atoms with E-state index in [9.17, 15) is 23.1 Å². The van der Waals surface area contributed by atoms with Crippen molar-refractivity contribution in [3.63, 3.8) is 0 Å². The summed E-state index contributed by atoms with van der Waals surface area (Å²) >= 11 is 6.15. The molecular formula is C25H24ClF3N2O4. The van der Waals surface area contributed by atoms with Crippen molar-refractivity contribution in [2.24, 2.45) is 0 Å². The smallest absolute Gasteiger partial charge is 0.410 e. The molecule has 6 nitrogen and oxygen atoms in total. The minimum atomic E-state index is -1.70. The Morgan fingerprint density at radius 3 is 2.57 bits per heavy atom. The molecule has 1 amide bonds. The molecular weight excluding hydrogens is 485 g/mol. The van der Waals surface area contributed by atoms with Crippen molar-refractivity contribution < 1.29 is 32.3 Å². The van der Waals surface area contributed by atoms with E-state index in [1.165, 1.54) is 29.2 Å². The average Bonchev–Trinajstić information content (AvgIpc) is 3.24. The number of ether oxygens (including phenoxy) is 1. The van der Waals surface area contributed by atoms with Crippen LogP contribution in [0.4, 0.5) is 18.0 Å². The molecule has 0 radical (unpaired) electrons. The van der Waals surface area contributed by atoms with Crippen molar-refractivity contribution >= 4 is 17.7 Å². The minimum absolute atomic E-state index is 0.00147. The molecule has 2 heterocycles. The van der Waals surface area contributed by atoms with Crippen molar-refractivity contribution in [1.82, 2.24) is 10.1 Å². The lowest BCUT2D eigenvalue weighted by atomic mass is 9.74. The normalized spacial score (nSPS) is 20.7. The van der Waals surface area contributed by atoms with Crippen molar-refractivity contribution in [2.45, 2.75) is 44.3 Å². The third-order valence-corrected chi connectivity index (χ3v) is 6.21. The first-order valence-electron chi connectivity index (χ1n) is 11.0. The van der Waals surface area contributed by atoms with Crippen molar-refractivity contribution in [2.75, 3.05) is 13.1 Å². The Morgan fingerprint density at radius 1 is 1.17 bits per heavy atom. The number of piperidine rings is 1. The number of aromatic nitrogens is 1. The van der Waals surface area contributed by atoms with Crippen LogP contribution in [0.5, 0.6) is 0 Å². The standard InChI is InChI=1S/C25H24ClF3N2O4/c1-24(2,3)34-23(32)31-9-8-25(33,14-4-7-19(28)20(29)10-14)17(13-31)21-12-22(35-30-21)16-6-5-15(27)11-18(16)26/h4-7,10-12,17,33H,8-9,13H2,1-3H3/t17-,25-/m0/s1. The number of rotatable bonds is 3. The van der Waals surface area contributed by atoms with Crippen LogP contribution in [0, 0.1) is 17.5 Å². The number of likely N-dealkylation sites (tertiary alicyclic amines) is 1. The maximum absolute atomic E-state index is 14.1. The second-order valence-corrected chi connectivity index (χ2v) is 9.93. The third-order valence-electron chi connectivity index (χ3n) is 5.90. The second kappa shape index (κ2) is 9.20. The van der Waals surface area contributed by atoms with Gasteiger partial charge in [-0.15, -0.1) is 0 Å². The predicted molar refractivity (Wildman–Crippen MR) is 122 cm³/mol. The zero-order valence-corrected chi connectivity index (χ0v) is 20.1. The Labute approximate surface area is 205 Å². The minimum Gasteiger partial charge on any atom is -0.444 e. The number of hydrogen-bond acceptors (Lipinski definition) is 5. The van der Waals surface area contributed by atoms with Gasteiger partial charge in [-0.2, -0.15) is 0 Å². The molecule has 0 bridgehead atoms. The van der Waals surface area contributed by atoms with Gasteiger partial charge in [0.05, 0.1) is 16.6 Å². The Morgan fingerprint density at radius 2 is 1.91 bits per heavy atom. The van der Waals surface area contributed by atoms with Crippen LogP contribution in [0.3, 0.4) is 0 Å². The van der Waals surface area contributed by atoms with Crippen LogP contribution in [0.1, 0.15) is 44.4 Å². The molecule has 1 aliphatic rings.